The van der Waals surface area contributed by atoms with Gasteiger partial charge in [0.2, 0.25) is 0 Å². The lowest BCUT2D eigenvalue weighted by atomic mass is 10.2. The van der Waals surface area contributed by atoms with E-state index in [1.165, 1.54) is 0 Å². The highest BCUT2D eigenvalue weighted by atomic mass is 16.5. The van der Waals surface area contributed by atoms with Crippen LogP contribution in [0.4, 0.5) is 21.9 Å². The van der Waals surface area contributed by atoms with Crippen LogP contribution in [0.25, 0.3) is 0 Å². The summed E-state index contributed by atoms with van der Waals surface area (Å²) in [5.41, 5.74) is 7.77. The van der Waals surface area contributed by atoms with Crippen molar-refractivity contribution < 1.29 is 9.53 Å². The molecule has 5 heteroatoms. The predicted octanol–water partition coefficient (Wildman–Crippen LogP) is 3.34. The molecule has 2 aromatic carbocycles. The Morgan fingerprint density at radius 2 is 1.86 bits per heavy atom. The number of nitrogens with one attached hydrogen (secondary N) is 1. The van der Waals surface area contributed by atoms with Gasteiger partial charge in [-0.15, -0.1) is 0 Å². The summed E-state index contributed by atoms with van der Waals surface area (Å²) >= 11 is 0. The minimum atomic E-state index is -0.216. The fraction of sp³-hybridized carbons (Fsp3) is 0.188. The molecule has 0 spiro atoms. The second-order valence-corrected chi connectivity index (χ2v) is 4.47. The van der Waals surface area contributed by atoms with Crippen molar-refractivity contribution in [1.29, 1.82) is 0 Å². The Morgan fingerprint density at radius 1 is 1.19 bits per heavy atom. The van der Waals surface area contributed by atoms with Gasteiger partial charge in [-0.05, 0) is 43.3 Å². The fourth-order valence-corrected chi connectivity index (χ4v) is 2.03. The number of benzene rings is 2. The lowest BCUT2D eigenvalue weighted by molar-refractivity contribution is 0.257. The second-order valence-electron chi connectivity index (χ2n) is 4.47. The van der Waals surface area contributed by atoms with E-state index in [9.17, 15) is 4.79 Å². The number of hydrogen-bond acceptors (Lipinski definition) is 3. The van der Waals surface area contributed by atoms with Gasteiger partial charge in [0, 0.05) is 17.9 Å². The first-order valence-electron chi connectivity index (χ1n) is 6.72. The monoisotopic (exact) mass is 285 g/mol. The van der Waals surface area contributed by atoms with Crippen LogP contribution in [-0.4, -0.2) is 19.7 Å². The van der Waals surface area contributed by atoms with Crippen molar-refractivity contribution >= 4 is 23.1 Å². The van der Waals surface area contributed by atoms with E-state index in [1.54, 1.807) is 36.3 Å². The third-order valence-corrected chi connectivity index (χ3v) is 3.11. The van der Waals surface area contributed by atoms with E-state index in [-0.39, 0.29) is 6.03 Å². The molecule has 21 heavy (non-hydrogen) atoms. The largest absolute Gasteiger partial charge is 0.495 e. The molecule has 0 saturated heterocycles. The molecule has 0 fully saturated rings. The Bertz CT molecular complexity index is 611. The predicted molar refractivity (Wildman–Crippen MR) is 85.9 cm³/mol. The van der Waals surface area contributed by atoms with Gasteiger partial charge in [0.05, 0.1) is 12.8 Å². The summed E-state index contributed by atoms with van der Waals surface area (Å²) in [6.45, 7) is 2.46. The Morgan fingerprint density at radius 3 is 2.48 bits per heavy atom. The van der Waals surface area contributed by atoms with Gasteiger partial charge < -0.3 is 15.8 Å². The van der Waals surface area contributed by atoms with Gasteiger partial charge in [-0.2, -0.15) is 0 Å². The first-order chi connectivity index (χ1) is 10.2. The van der Waals surface area contributed by atoms with Crippen LogP contribution in [0, 0.1) is 0 Å². The Kier molecular flexibility index (Phi) is 4.66. The van der Waals surface area contributed by atoms with E-state index < -0.39 is 0 Å². The molecule has 0 heterocycles. The number of rotatable bonds is 4. The molecule has 0 atom stereocenters. The average Bonchev–Trinajstić information content (AvgIpc) is 2.50. The van der Waals surface area contributed by atoms with Crippen molar-refractivity contribution in [2.75, 3.05) is 29.6 Å². The third-order valence-electron chi connectivity index (χ3n) is 3.11. The van der Waals surface area contributed by atoms with E-state index >= 15 is 0 Å². The van der Waals surface area contributed by atoms with E-state index in [4.69, 9.17) is 10.5 Å². The second kappa shape index (κ2) is 6.65. The third kappa shape index (κ3) is 3.45. The average molecular weight is 285 g/mol. The molecule has 2 aromatic rings. The van der Waals surface area contributed by atoms with E-state index in [0.29, 0.717) is 23.7 Å². The number of carbonyl (C=O) groups is 1. The quantitative estimate of drug-likeness (QED) is 0.847. The van der Waals surface area contributed by atoms with Crippen LogP contribution in [0.2, 0.25) is 0 Å². The van der Waals surface area contributed by atoms with Crippen molar-refractivity contribution in [1.82, 2.24) is 0 Å². The molecule has 2 amide bonds. The first-order valence-corrected chi connectivity index (χ1v) is 6.72. The number of anilines is 3. The van der Waals surface area contributed by atoms with Crippen molar-refractivity contribution in [2.45, 2.75) is 6.92 Å². The number of methoxy groups -OCH3 is 1. The molecule has 0 aliphatic heterocycles. The standard InChI is InChI=1S/C16H19N3O2/c1-3-19(13-10-8-12(17)9-11-13)16(20)18-14-6-4-5-7-15(14)21-2/h4-11H,3,17H2,1-2H3,(H,18,20). The van der Waals surface area contributed by atoms with Gasteiger partial charge in [0.25, 0.3) is 0 Å². The number of nitrogen functional groups attached to an aromatic ring is 1. The molecule has 0 saturated carbocycles. The van der Waals surface area contributed by atoms with Crippen molar-refractivity contribution in [3.8, 4) is 5.75 Å². The van der Waals surface area contributed by atoms with Crippen LogP contribution in [0.1, 0.15) is 6.92 Å². The maximum atomic E-state index is 12.4. The topological polar surface area (TPSA) is 67.6 Å². The Labute approximate surface area is 124 Å². The molecular weight excluding hydrogens is 266 g/mol. The summed E-state index contributed by atoms with van der Waals surface area (Å²) in [7, 11) is 1.57. The molecule has 0 aromatic heterocycles. The van der Waals surface area contributed by atoms with E-state index in [1.807, 2.05) is 31.2 Å². The van der Waals surface area contributed by atoms with E-state index in [0.717, 1.165) is 5.69 Å². The molecule has 0 aliphatic carbocycles. The van der Waals surface area contributed by atoms with Crippen LogP contribution in [0.3, 0.4) is 0 Å². The van der Waals surface area contributed by atoms with Gasteiger partial charge >= 0.3 is 6.03 Å². The van der Waals surface area contributed by atoms with Gasteiger partial charge in [-0.3, -0.25) is 4.90 Å². The highest BCUT2D eigenvalue weighted by Gasteiger charge is 2.15. The zero-order valence-electron chi connectivity index (χ0n) is 12.2. The summed E-state index contributed by atoms with van der Waals surface area (Å²) in [6, 6.07) is 14.3. The molecule has 0 bridgehead atoms. The SMILES string of the molecule is CCN(C(=O)Nc1ccccc1OC)c1ccc(N)cc1. The summed E-state index contributed by atoms with van der Waals surface area (Å²) in [5.74, 6) is 0.624. The zero-order valence-corrected chi connectivity index (χ0v) is 12.2. The van der Waals surface area contributed by atoms with Crippen LogP contribution < -0.4 is 20.7 Å². The number of para-hydroxylation sites is 2. The van der Waals surface area contributed by atoms with Gasteiger partial charge in [-0.1, -0.05) is 12.1 Å². The smallest absolute Gasteiger partial charge is 0.326 e. The van der Waals surface area contributed by atoms with Crippen LogP contribution >= 0.6 is 0 Å². The Hall–Kier alpha value is -2.69. The number of ether oxygens (including phenoxy) is 1. The first kappa shape index (κ1) is 14.7. The maximum absolute atomic E-state index is 12.4. The summed E-state index contributed by atoms with van der Waals surface area (Å²) < 4.78 is 5.23. The summed E-state index contributed by atoms with van der Waals surface area (Å²) in [5, 5.41) is 2.86. The van der Waals surface area contributed by atoms with Crippen LogP contribution in [-0.2, 0) is 0 Å². The fourth-order valence-electron chi connectivity index (χ4n) is 2.03. The lowest BCUT2D eigenvalue weighted by Crippen LogP contribution is -2.34. The van der Waals surface area contributed by atoms with Gasteiger partial charge in [0.15, 0.2) is 0 Å². The minimum absolute atomic E-state index is 0.216. The number of nitrogens with zero attached hydrogens (tertiary/aromatic N) is 1. The minimum Gasteiger partial charge on any atom is -0.495 e. The number of hydrogen-bond donors (Lipinski definition) is 2. The van der Waals surface area contributed by atoms with Crippen molar-refractivity contribution in [2.24, 2.45) is 0 Å². The number of amides is 2. The maximum Gasteiger partial charge on any atom is 0.326 e. The lowest BCUT2D eigenvalue weighted by Gasteiger charge is -2.22. The molecule has 2 rings (SSSR count). The normalized spacial score (nSPS) is 10.0. The van der Waals surface area contributed by atoms with E-state index in [2.05, 4.69) is 5.32 Å². The van der Waals surface area contributed by atoms with Crippen molar-refractivity contribution in [3.63, 3.8) is 0 Å². The molecule has 5 nitrogen and oxygen atoms in total. The molecule has 0 aliphatic rings. The van der Waals surface area contributed by atoms with Crippen LogP contribution in [0.15, 0.2) is 48.5 Å². The van der Waals surface area contributed by atoms with Crippen LogP contribution in [0.5, 0.6) is 5.75 Å². The number of urea groups is 1. The summed E-state index contributed by atoms with van der Waals surface area (Å²) in [6.07, 6.45) is 0. The molecule has 0 unspecified atom stereocenters. The van der Waals surface area contributed by atoms with Gasteiger partial charge in [-0.25, -0.2) is 4.79 Å². The highest BCUT2D eigenvalue weighted by molar-refractivity contribution is 6.02. The zero-order chi connectivity index (χ0) is 15.2. The summed E-state index contributed by atoms with van der Waals surface area (Å²) in [4.78, 5) is 14.1. The number of carbonyl (C=O) groups excluding carboxylic acids is 1. The molecule has 110 valence electrons. The molecular formula is C16H19N3O2. The van der Waals surface area contributed by atoms with Crippen molar-refractivity contribution in [3.05, 3.63) is 48.5 Å². The molecule has 3 N–H and O–H groups in total. The Balaban J connectivity index is 2.19. The highest BCUT2D eigenvalue weighted by Crippen LogP contribution is 2.24. The molecule has 0 radical (unpaired) electrons. The van der Waals surface area contributed by atoms with Gasteiger partial charge in [0.1, 0.15) is 5.75 Å². The number of nitrogens with two attached hydrogens (primary N) is 1.